The third-order valence-corrected chi connectivity index (χ3v) is 3.46. The Morgan fingerprint density at radius 3 is 2.48 bits per heavy atom. The summed E-state index contributed by atoms with van der Waals surface area (Å²) >= 11 is 6.18. The van der Waals surface area contributed by atoms with Crippen LogP contribution in [0.3, 0.4) is 0 Å². The topological polar surface area (TPSA) is 39.7 Å². The Labute approximate surface area is 129 Å². The van der Waals surface area contributed by atoms with Crippen molar-refractivity contribution in [1.82, 2.24) is 0 Å². The highest BCUT2D eigenvalue weighted by atomic mass is 35.5. The molecule has 0 aliphatic carbocycles. The highest BCUT2D eigenvalue weighted by Crippen LogP contribution is 2.32. The number of halogens is 1. The molecule has 5 heteroatoms. The molecule has 2 aromatic rings. The molecule has 2 aromatic carbocycles. The molecular formula is C16H18ClNO3. The van der Waals surface area contributed by atoms with E-state index >= 15 is 0 Å². The zero-order valence-electron chi connectivity index (χ0n) is 12.3. The highest BCUT2D eigenvalue weighted by molar-refractivity contribution is 6.33. The summed E-state index contributed by atoms with van der Waals surface area (Å²) < 4.78 is 15.9. The predicted molar refractivity (Wildman–Crippen MR) is 84.9 cm³/mol. The fourth-order valence-corrected chi connectivity index (χ4v) is 2.23. The van der Waals surface area contributed by atoms with Crippen molar-refractivity contribution >= 4 is 17.3 Å². The summed E-state index contributed by atoms with van der Waals surface area (Å²) in [6.45, 7) is 0.563. The fourth-order valence-electron chi connectivity index (χ4n) is 2.05. The van der Waals surface area contributed by atoms with Crippen molar-refractivity contribution in [2.24, 2.45) is 0 Å². The predicted octanol–water partition coefficient (Wildman–Crippen LogP) is 3.98. The van der Waals surface area contributed by atoms with Crippen LogP contribution in [0.2, 0.25) is 5.02 Å². The first-order valence-electron chi connectivity index (χ1n) is 6.47. The molecule has 0 unspecified atom stereocenters. The minimum absolute atomic E-state index is 0.563. The molecule has 0 spiro atoms. The van der Waals surface area contributed by atoms with Crippen LogP contribution in [0.4, 0.5) is 5.69 Å². The molecule has 0 saturated carbocycles. The van der Waals surface area contributed by atoms with Gasteiger partial charge >= 0.3 is 0 Å². The quantitative estimate of drug-likeness (QED) is 0.876. The molecular weight excluding hydrogens is 290 g/mol. The molecule has 112 valence electrons. The first kappa shape index (κ1) is 15.3. The Bertz CT molecular complexity index is 616. The Kier molecular flexibility index (Phi) is 5.17. The van der Waals surface area contributed by atoms with E-state index in [9.17, 15) is 0 Å². The zero-order chi connectivity index (χ0) is 15.2. The van der Waals surface area contributed by atoms with Crippen LogP contribution < -0.4 is 19.5 Å². The second kappa shape index (κ2) is 7.09. The smallest absolute Gasteiger partial charge is 0.165 e. The summed E-state index contributed by atoms with van der Waals surface area (Å²) in [7, 11) is 4.87. The van der Waals surface area contributed by atoms with Crippen molar-refractivity contribution in [3.63, 3.8) is 0 Å². The number of rotatable bonds is 6. The van der Waals surface area contributed by atoms with Crippen LogP contribution >= 0.6 is 11.6 Å². The molecule has 4 nitrogen and oxygen atoms in total. The SMILES string of the molecule is COc1ccc(Cl)c(NCc2cccc(OC)c2OC)c1. The summed E-state index contributed by atoms with van der Waals surface area (Å²) in [4.78, 5) is 0. The minimum atomic E-state index is 0.563. The molecule has 0 aliphatic heterocycles. The van der Waals surface area contributed by atoms with Crippen molar-refractivity contribution in [2.75, 3.05) is 26.6 Å². The molecule has 21 heavy (non-hydrogen) atoms. The third-order valence-electron chi connectivity index (χ3n) is 3.13. The third kappa shape index (κ3) is 3.52. The van der Waals surface area contributed by atoms with Gasteiger partial charge in [0, 0.05) is 18.2 Å². The Morgan fingerprint density at radius 1 is 1.00 bits per heavy atom. The molecule has 0 saturated heterocycles. The van der Waals surface area contributed by atoms with Gasteiger partial charge in [-0.3, -0.25) is 0 Å². The van der Waals surface area contributed by atoms with Gasteiger partial charge in [0.1, 0.15) is 5.75 Å². The van der Waals surface area contributed by atoms with Crippen LogP contribution in [0.5, 0.6) is 17.2 Å². The maximum atomic E-state index is 6.18. The number of nitrogens with one attached hydrogen (secondary N) is 1. The van der Waals surface area contributed by atoms with E-state index < -0.39 is 0 Å². The second-order valence-electron chi connectivity index (χ2n) is 4.35. The van der Waals surface area contributed by atoms with Crippen molar-refractivity contribution in [3.05, 3.63) is 47.0 Å². The molecule has 2 rings (SSSR count). The number of anilines is 1. The highest BCUT2D eigenvalue weighted by Gasteiger charge is 2.10. The molecule has 1 N–H and O–H groups in total. The van der Waals surface area contributed by atoms with Gasteiger partial charge in [-0.15, -0.1) is 0 Å². The van der Waals surface area contributed by atoms with Gasteiger partial charge in [-0.25, -0.2) is 0 Å². The second-order valence-corrected chi connectivity index (χ2v) is 4.76. The number of benzene rings is 2. The number of methoxy groups -OCH3 is 3. The first-order valence-corrected chi connectivity index (χ1v) is 6.84. The number of ether oxygens (including phenoxy) is 3. The van der Waals surface area contributed by atoms with Gasteiger partial charge in [0.05, 0.1) is 32.0 Å². The minimum Gasteiger partial charge on any atom is -0.497 e. The molecule has 0 fully saturated rings. The van der Waals surface area contributed by atoms with Crippen LogP contribution in [-0.2, 0) is 6.54 Å². The van der Waals surface area contributed by atoms with Gasteiger partial charge in [0.15, 0.2) is 11.5 Å². The van der Waals surface area contributed by atoms with Crippen molar-refractivity contribution in [2.45, 2.75) is 6.54 Å². The number of para-hydroxylation sites is 1. The molecule has 0 amide bonds. The lowest BCUT2D eigenvalue weighted by Gasteiger charge is -2.14. The van der Waals surface area contributed by atoms with E-state index in [4.69, 9.17) is 25.8 Å². The average Bonchev–Trinajstić information content (AvgIpc) is 2.53. The van der Waals surface area contributed by atoms with Gasteiger partial charge in [0.25, 0.3) is 0 Å². The lowest BCUT2D eigenvalue weighted by atomic mass is 10.1. The fraction of sp³-hybridized carbons (Fsp3) is 0.250. The van der Waals surface area contributed by atoms with Gasteiger partial charge in [-0.1, -0.05) is 23.7 Å². The Balaban J connectivity index is 2.20. The van der Waals surface area contributed by atoms with Crippen molar-refractivity contribution < 1.29 is 14.2 Å². The van der Waals surface area contributed by atoms with Gasteiger partial charge in [-0.05, 0) is 18.2 Å². The van der Waals surface area contributed by atoms with Gasteiger partial charge in [0.2, 0.25) is 0 Å². The van der Waals surface area contributed by atoms with Gasteiger partial charge in [-0.2, -0.15) is 0 Å². The molecule has 0 aromatic heterocycles. The van der Waals surface area contributed by atoms with E-state index in [-0.39, 0.29) is 0 Å². The summed E-state index contributed by atoms with van der Waals surface area (Å²) in [6, 6.07) is 11.2. The lowest BCUT2D eigenvalue weighted by Crippen LogP contribution is -2.03. The van der Waals surface area contributed by atoms with Crippen LogP contribution in [0.15, 0.2) is 36.4 Å². The monoisotopic (exact) mass is 307 g/mol. The number of hydrogen-bond acceptors (Lipinski definition) is 4. The molecule has 0 bridgehead atoms. The van der Waals surface area contributed by atoms with Crippen molar-refractivity contribution in [3.8, 4) is 17.2 Å². The molecule has 0 aliphatic rings. The summed E-state index contributed by atoms with van der Waals surface area (Å²) in [5.74, 6) is 2.17. The largest absolute Gasteiger partial charge is 0.497 e. The average molecular weight is 308 g/mol. The first-order chi connectivity index (χ1) is 10.2. The number of hydrogen-bond donors (Lipinski definition) is 1. The van der Waals surface area contributed by atoms with E-state index in [0.29, 0.717) is 23.1 Å². The van der Waals surface area contributed by atoms with Crippen LogP contribution in [0, 0.1) is 0 Å². The standard InChI is InChI=1S/C16H18ClNO3/c1-19-12-7-8-13(17)14(9-12)18-10-11-5-4-6-15(20-2)16(11)21-3/h4-9,18H,10H2,1-3H3. The summed E-state index contributed by atoms with van der Waals surface area (Å²) in [5, 5.41) is 3.92. The molecule has 0 radical (unpaired) electrons. The van der Waals surface area contributed by atoms with E-state index in [1.807, 2.05) is 30.3 Å². The maximum Gasteiger partial charge on any atom is 0.165 e. The van der Waals surface area contributed by atoms with Crippen LogP contribution in [0.25, 0.3) is 0 Å². The van der Waals surface area contributed by atoms with E-state index in [2.05, 4.69) is 5.32 Å². The van der Waals surface area contributed by atoms with E-state index in [0.717, 1.165) is 17.0 Å². The van der Waals surface area contributed by atoms with Crippen molar-refractivity contribution in [1.29, 1.82) is 0 Å². The normalized spacial score (nSPS) is 10.1. The molecule has 0 atom stereocenters. The van der Waals surface area contributed by atoms with Crippen LogP contribution in [0.1, 0.15) is 5.56 Å². The summed E-state index contributed by atoms with van der Waals surface area (Å²) in [5.41, 5.74) is 1.79. The molecule has 0 heterocycles. The van der Waals surface area contributed by atoms with Crippen LogP contribution in [-0.4, -0.2) is 21.3 Å². The van der Waals surface area contributed by atoms with E-state index in [1.165, 1.54) is 0 Å². The summed E-state index contributed by atoms with van der Waals surface area (Å²) in [6.07, 6.45) is 0. The zero-order valence-corrected chi connectivity index (χ0v) is 13.0. The van der Waals surface area contributed by atoms with E-state index in [1.54, 1.807) is 27.4 Å². The van der Waals surface area contributed by atoms with Gasteiger partial charge < -0.3 is 19.5 Å². The Morgan fingerprint density at radius 2 is 1.81 bits per heavy atom. The maximum absolute atomic E-state index is 6.18. The Hall–Kier alpha value is -2.07. The lowest BCUT2D eigenvalue weighted by molar-refractivity contribution is 0.352.